The molecular formula is C17H15N3O7. The number of amides is 2. The number of aliphatic carboxylic acids is 2. The highest BCUT2D eigenvalue weighted by molar-refractivity contribution is 6.04. The Morgan fingerprint density at radius 3 is 2.22 bits per heavy atom. The standard InChI is InChI=1S/C17H15N3O7/c21-14(20-13(15(22)23)16(24)25)12-7-6-11(8-18-12)19-17(26)27-9-10-4-2-1-3-5-10/h1-8,13H,9H2,(H,19,26)(H,20,21)(H,22,23)(H,24,25). The van der Waals surface area contributed by atoms with E-state index in [1.54, 1.807) is 12.1 Å². The Hall–Kier alpha value is -3.95. The van der Waals surface area contributed by atoms with Gasteiger partial charge in [-0.2, -0.15) is 0 Å². The van der Waals surface area contributed by atoms with Gasteiger partial charge in [0.15, 0.2) is 0 Å². The summed E-state index contributed by atoms with van der Waals surface area (Å²) in [5, 5.41) is 21.7. The normalized spacial score (nSPS) is 10.1. The molecule has 140 valence electrons. The van der Waals surface area contributed by atoms with Gasteiger partial charge in [-0.15, -0.1) is 0 Å². The van der Waals surface area contributed by atoms with Crippen molar-refractivity contribution in [2.45, 2.75) is 12.6 Å². The van der Waals surface area contributed by atoms with Gasteiger partial charge in [-0.05, 0) is 17.7 Å². The van der Waals surface area contributed by atoms with Crippen molar-refractivity contribution in [1.29, 1.82) is 0 Å². The molecule has 10 heteroatoms. The number of anilines is 1. The van der Waals surface area contributed by atoms with E-state index in [0.29, 0.717) is 0 Å². The largest absolute Gasteiger partial charge is 0.479 e. The van der Waals surface area contributed by atoms with Crippen molar-refractivity contribution in [3.05, 3.63) is 59.9 Å². The zero-order chi connectivity index (χ0) is 19.8. The SMILES string of the molecule is O=C(Nc1ccc(C(=O)NC(C(=O)O)C(=O)O)nc1)OCc1ccccc1. The Balaban J connectivity index is 1.90. The number of aromatic nitrogens is 1. The molecular weight excluding hydrogens is 358 g/mol. The summed E-state index contributed by atoms with van der Waals surface area (Å²) < 4.78 is 5.03. The summed E-state index contributed by atoms with van der Waals surface area (Å²) in [6.45, 7) is 0.0758. The van der Waals surface area contributed by atoms with Crippen LogP contribution in [0, 0.1) is 0 Å². The molecule has 0 bridgehead atoms. The summed E-state index contributed by atoms with van der Waals surface area (Å²) in [7, 11) is 0. The number of rotatable bonds is 7. The molecule has 2 aromatic rings. The summed E-state index contributed by atoms with van der Waals surface area (Å²) in [6, 6.07) is 9.48. The first kappa shape index (κ1) is 19.4. The molecule has 1 heterocycles. The van der Waals surface area contributed by atoms with Crippen molar-refractivity contribution >= 4 is 29.6 Å². The first-order valence-corrected chi connectivity index (χ1v) is 7.57. The Labute approximate surface area is 152 Å². The molecule has 0 atom stereocenters. The third kappa shape index (κ3) is 5.81. The molecule has 27 heavy (non-hydrogen) atoms. The van der Waals surface area contributed by atoms with Crippen LogP contribution < -0.4 is 10.6 Å². The lowest BCUT2D eigenvalue weighted by Crippen LogP contribution is -2.46. The third-order valence-electron chi connectivity index (χ3n) is 3.22. The van der Waals surface area contributed by atoms with E-state index in [0.717, 1.165) is 11.8 Å². The van der Waals surface area contributed by atoms with Crippen LogP contribution in [0.3, 0.4) is 0 Å². The van der Waals surface area contributed by atoms with Gasteiger partial charge in [-0.25, -0.2) is 19.4 Å². The Bertz CT molecular complexity index is 823. The van der Waals surface area contributed by atoms with Gasteiger partial charge >= 0.3 is 18.0 Å². The van der Waals surface area contributed by atoms with Crippen LogP contribution in [0.4, 0.5) is 10.5 Å². The van der Waals surface area contributed by atoms with Crippen LogP contribution in [-0.4, -0.2) is 45.2 Å². The summed E-state index contributed by atoms with van der Waals surface area (Å²) in [5.41, 5.74) is 0.826. The number of hydrogen-bond acceptors (Lipinski definition) is 6. The van der Waals surface area contributed by atoms with Crippen molar-refractivity contribution in [2.75, 3.05) is 5.32 Å². The Kier molecular flexibility index (Phi) is 6.42. The van der Waals surface area contributed by atoms with Crippen LogP contribution in [0.2, 0.25) is 0 Å². The summed E-state index contributed by atoms with van der Waals surface area (Å²) in [6.07, 6.45) is 0.421. The number of benzene rings is 1. The van der Waals surface area contributed by atoms with E-state index in [1.165, 1.54) is 12.1 Å². The Morgan fingerprint density at radius 2 is 1.67 bits per heavy atom. The maximum atomic E-state index is 11.8. The van der Waals surface area contributed by atoms with E-state index in [1.807, 2.05) is 23.5 Å². The van der Waals surface area contributed by atoms with Gasteiger partial charge in [-0.3, -0.25) is 10.1 Å². The van der Waals surface area contributed by atoms with Crippen LogP contribution in [0.15, 0.2) is 48.7 Å². The second-order valence-electron chi connectivity index (χ2n) is 5.20. The lowest BCUT2D eigenvalue weighted by Gasteiger charge is -2.10. The van der Waals surface area contributed by atoms with Gasteiger partial charge < -0.3 is 20.3 Å². The van der Waals surface area contributed by atoms with Crippen LogP contribution in [0.25, 0.3) is 0 Å². The molecule has 2 amide bonds. The van der Waals surface area contributed by atoms with Gasteiger partial charge in [0.25, 0.3) is 5.91 Å². The van der Waals surface area contributed by atoms with E-state index in [9.17, 15) is 19.2 Å². The van der Waals surface area contributed by atoms with Crippen LogP contribution in [-0.2, 0) is 20.9 Å². The average Bonchev–Trinajstić information content (AvgIpc) is 2.65. The van der Waals surface area contributed by atoms with Crippen molar-refractivity contribution in [1.82, 2.24) is 10.3 Å². The quantitative estimate of drug-likeness (QED) is 0.526. The predicted molar refractivity (Wildman–Crippen MR) is 91.0 cm³/mol. The molecule has 1 aromatic heterocycles. The highest BCUT2D eigenvalue weighted by Crippen LogP contribution is 2.08. The molecule has 10 nitrogen and oxygen atoms in total. The van der Waals surface area contributed by atoms with Gasteiger partial charge in [0.05, 0.1) is 11.9 Å². The zero-order valence-electron chi connectivity index (χ0n) is 13.8. The highest BCUT2D eigenvalue weighted by Gasteiger charge is 2.28. The first-order chi connectivity index (χ1) is 12.9. The summed E-state index contributed by atoms with van der Waals surface area (Å²) in [4.78, 5) is 48.9. The maximum Gasteiger partial charge on any atom is 0.412 e. The van der Waals surface area contributed by atoms with Crippen molar-refractivity contribution in [3.63, 3.8) is 0 Å². The fourth-order valence-corrected chi connectivity index (χ4v) is 1.91. The molecule has 2 rings (SSSR count). The van der Waals surface area contributed by atoms with Crippen molar-refractivity contribution < 1.29 is 34.1 Å². The second kappa shape index (κ2) is 8.94. The lowest BCUT2D eigenvalue weighted by molar-refractivity contribution is -0.150. The smallest absolute Gasteiger partial charge is 0.412 e. The molecule has 0 aliphatic rings. The average molecular weight is 373 g/mol. The van der Waals surface area contributed by atoms with Gasteiger partial charge in [0.2, 0.25) is 6.04 Å². The minimum atomic E-state index is -2.09. The number of carboxylic acid groups (broad SMARTS) is 2. The van der Waals surface area contributed by atoms with E-state index >= 15 is 0 Å². The lowest BCUT2D eigenvalue weighted by atomic mass is 10.2. The van der Waals surface area contributed by atoms with Crippen LogP contribution in [0.1, 0.15) is 16.1 Å². The molecule has 0 spiro atoms. The van der Waals surface area contributed by atoms with Gasteiger partial charge in [-0.1, -0.05) is 30.3 Å². The molecule has 4 N–H and O–H groups in total. The van der Waals surface area contributed by atoms with Crippen LogP contribution >= 0.6 is 0 Å². The van der Waals surface area contributed by atoms with Crippen molar-refractivity contribution in [3.8, 4) is 0 Å². The van der Waals surface area contributed by atoms with Crippen LogP contribution in [0.5, 0.6) is 0 Å². The summed E-state index contributed by atoms with van der Waals surface area (Å²) in [5.74, 6) is -4.41. The summed E-state index contributed by atoms with van der Waals surface area (Å²) >= 11 is 0. The highest BCUT2D eigenvalue weighted by atomic mass is 16.5. The number of ether oxygens (including phenoxy) is 1. The van der Waals surface area contributed by atoms with E-state index in [-0.39, 0.29) is 18.0 Å². The van der Waals surface area contributed by atoms with Gasteiger partial charge in [0.1, 0.15) is 12.3 Å². The van der Waals surface area contributed by atoms with E-state index in [4.69, 9.17) is 14.9 Å². The molecule has 0 fully saturated rings. The van der Waals surface area contributed by atoms with E-state index in [2.05, 4.69) is 10.3 Å². The molecule has 0 saturated carbocycles. The number of nitrogens with one attached hydrogen (secondary N) is 2. The molecule has 1 aromatic carbocycles. The second-order valence-corrected chi connectivity index (χ2v) is 5.20. The van der Waals surface area contributed by atoms with Gasteiger partial charge in [0, 0.05) is 0 Å². The monoisotopic (exact) mass is 373 g/mol. The number of hydrogen-bond donors (Lipinski definition) is 4. The first-order valence-electron chi connectivity index (χ1n) is 7.57. The van der Waals surface area contributed by atoms with Crippen molar-refractivity contribution in [2.24, 2.45) is 0 Å². The number of carbonyl (C=O) groups excluding carboxylic acids is 2. The fraction of sp³-hybridized carbons (Fsp3) is 0.118. The maximum absolute atomic E-state index is 11.8. The minimum Gasteiger partial charge on any atom is -0.479 e. The molecule has 0 aliphatic heterocycles. The van der Waals surface area contributed by atoms with E-state index < -0.39 is 30.0 Å². The number of nitrogens with zero attached hydrogens (tertiary/aromatic N) is 1. The molecule has 0 unspecified atom stereocenters. The topological polar surface area (TPSA) is 155 Å². The predicted octanol–water partition coefficient (Wildman–Crippen LogP) is 1.10. The molecule has 0 saturated heterocycles. The Morgan fingerprint density at radius 1 is 1.00 bits per heavy atom. The number of pyridine rings is 1. The molecule has 0 aliphatic carbocycles. The zero-order valence-corrected chi connectivity index (χ0v) is 13.8. The number of carboxylic acids is 2. The fourth-order valence-electron chi connectivity index (χ4n) is 1.91. The molecule has 0 radical (unpaired) electrons. The minimum absolute atomic E-state index is 0.0758. The number of carbonyl (C=O) groups is 4. The third-order valence-corrected chi connectivity index (χ3v) is 3.22.